The number of ether oxygens (including phenoxy) is 1. The highest BCUT2D eigenvalue weighted by Gasteiger charge is 2.55. The lowest BCUT2D eigenvalue weighted by atomic mass is 9.74. The average molecular weight is 781 g/mol. The van der Waals surface area contributed by atoms with Gasteiger partial charge in [0.25, 0.3) is 0 Å². The van der Waals surface area contributed by atoms with Crippen LogP contribution in [0.15, 0.2) is 36.4 Å². The average Bonchev–Trinajstić information content (AvgIpc) is 3.22. The minimum absolute atomic E-state index is 0.0449. The molecule has 2 aromatic carbocycles. The molecule has 0 radical (unpaired) electrons. The molecule has 0 bridgehead atoms. The molecule has 0 saturated heterocycles. The Kier molecular flexibility index (Phi) is 26.2. The van der Waals surface area contributed by atoms with Gasteiger partial charge in [-0.05, 0) is 41.3 Å². The summed E-state index contributed by atoms with van der Waals surface area (Å²) in [6.07, 6.45) is 25.1. The zero-order valence-electron chi connectivity index (χ0n) is 36.0. The maximum Gasteiger partial charge on any atom is 0.189 e. The molecule has 0 amide bonds. The normalized spacial score (nSPS) is 14.3. The van der Waals surface area contributed by atoms with Crippen LogP contribution in [0.1, 0.15) is 212 Å². The van der Waals surface area contributed by atoms with E-state index in [2.05, 4.69) is 13.8 Å². The number of aliphatic hydroxyl groups excluding tert-OH is 2. The molecule has 0 aromatic heterocycles. The van der Waals surface area contributed by atoms with E-state index in [0.717, 1.165) is 62.1 Å². The standard InChI is InChI=1S/C49H80O7/c1-5-7-9-11-13-15-17-19-21-23-25-27-29-34-44(50)47(53)49(55,46(52)39(3)42-33-31-32-40-38-41(56-4)36-37-43(40)42)48(54)45(51)35-30-28-26-24-22-20-18-16-14-12-10-8-6-2/h31-33,36-39,47-48,53-55H,5-30,34-35H2,1-4H3. The van der Waals surface area contributed by atoms with Crippen molar-refractivity contribution < 1.29 is 34.4 Å². The smallest absolute Gasteiger partial charge is 0.189 e. The highest BCUT2D eigenvalue weighted by molar-refractivity contribution is 6.05. The third-order valence-corrected chi connectivity index (χ3v) is 11.9. The van der Waals surface area contributed by atoms with Gasteiger partial charge in [0.15, 0.2) is 35.2 Å². The van der Waals surface area contributed by atoms with Gasteiger partial charge in [-0.25, -0.2) is 0 Å². The van der Waals surface area contributed by atoms with Crippen LogP contribution < -0.4 is 4.74 Å². The van der Waals surface area contributed by atoms with Crippen LogP contribution in [0, 0.1) is 0 Å². The number of unbranched alkanes of at least 4 members (excludes halogenated alkanes) is 24. The predicted molar refractivity (Wildman–Crippen MR) is 232 cm³/mol. The Morgan fingerprint density at radius 3 is 1.32 bits per heavy atom. The number of fused-ring (bicyclic) bond motifs is 1. The van der Waals surface area contributed by atoms with E-state index in [1.54, 1.807) is 32.2 Å². The summed E-state index contributed by atoms with van der Waals surface area (Å²) in [6.45, 7) is 6.06. The van der Waals surface area contributed by atoms with Crippen LogP contribution in [0.3, 0.4) is 0 Å². The Morgan fingerprint density at radius 1 is 0.571 bits per heavy atom. The van der Waals surface area contributed by atoms with Crippen LogP contribution in [-0.2, 0) is 14.4 Å². The molecule has 3 N–H and O–H groups in total. The van der Waals surface area contributed by atoms with Gasteiger partial charge >= 0.3 is 0 Å². The number of hydrogen-bond donors (Lipinski definition) is 3. The van der Waals surface area contributed by atoms with Crippen LogP contribution in [0.2, 0.25) is 0 Å². The van der Waals surface area contributed by atoms with Crippen LogP contribution in [-0.4, -0.2) is 57.6 Å². The van der Waals surface area contributed by atoms with Crippen molar-refractivity contribution >= 4 is 28.1 Å². The Hall–Kier alpha value is -2.61. The Balaban J connectivity index is 1.99. The molecule has 3 atom stereocenters. The molecule has 7 nitrogen and oxygen atoms in total. The lowest BCUT2D eigenvalue weighted by Crippen LogP contribution is -2.64. The highest BCUT2D eigenvalue weighted by atomic mass is 16.5. The topological polar surface area (TPSA) is 121 Å². The molecule has 2 aromatic rings. The van der Waals surface area contributed by atoms with Gasteiger partial charge in [-0.15, -0.1) is 0 Å². The summed E-state index contributed by atoms with van der Waals surface area (Å²) in [6, 6.07) is 10.8. The first kappa shape index (κ1) is 49.5. The van der Waals surface area contributed by atoms with Gasteiger partial charge in [0, 0.05) is 18.8 Å². The fourth-order valence-electron chi connectivity index (χ4n) is 8.10. The van der Waals surface area contributed by atoms with Crippen molar-refractivity contribution in [3.05, 3.63) is 42.0 Å². The van der Waals surface area contributed by atoms with E-state index in [1.807, 2.05) is 18.2 Å². The summed E-state index contributed by atoms with van der Waals surface area (Å²) in [5.74, 6) is -2.79. The van der Waals surface area contributed by atoms with E-state index in [-0.39, 0.29) is 12.8 Å². The van der Waals surface area contributed by atoms with Crippen molar-refractivity contribution in [3.63, 3.8) is 0 Å². The maximum atomic E-state index is 14.3. The second kappa shape index (κ2) is 29.6. The number of ketones is 3. The molecular weight excluding hydrogens is 701 g/mol. The molecule has 0 fully saturated rings. The van der Waals surface area contributed by atoms with Crippen molar-refractivity contribution in [2.24, 2.45) is 0 Å². The first-order valence-corrected chi connectivity index (χ1v) is 22.9. The molecule has 318 valence electrons. The number of rotatable bonds is 36. The van der Waals surface area contributed by atoms with E-state index in [0.29, 0.717) is 24.2 Å². The van der Waals surface area contributed by atoms with Crippen molar-refractivity contribution in [2.45, 2.75) is 224 Å². The fourth-order valence-corrected chi connectivity index (χ4v) is 8.10. The molecule has 0 heterocycles. The molecule has 0 aliphatic rings. The van der Waals surface area contributed by atoms with E-state index in [4.69, 9.17) is 4.74 Å². The van der Waals surface area contributed by atoms with Gasteiger partial charge in [-0.1, -0.05) is 199 Å². The van der Waals surface area contributed by atoms with E-state index in [9.17, 15) is 29.7 Å². The zero-order chi connectivity index (χ0) is 41.0. The summed E-state index contributed by atoms with van der Waals surface area (Å²) >= 11 is 0. The molecule has 2 rings (SSSR count). The van der Waals surface area contributed by atoms with Crippen molar-refractivity contribution in [3.8, 4) is 5.75 Å². The SMILES string of the molecule is CCCCCCCCCCCCCCCC(=O)C(O)C(O)(C(=O)C(C)c1cccc2cc(OC)ccc12)C(O)C(=O)CCCCCCCCCCCCCCC. The minimum Gasteiger partial charge on any atom is -0.497 e. The second-order valence-corrected chi connectivity index (χ2v) is 16.6. The first-order chi connectivity index (χ1) is 27.1. The molecular formula is C49H80O7. The number of methoxy groups -OCH3 is 1. The summed E-state index contributed by atoms with van der Waals surface area (Å²) in [4.78, 5) is 41.2. The molecule has 56 heavy (non-hydrogen) atoms. The molecule has 0 aliphatic carbocycles. The number of benzene rings is 2. The van der Waals surface area contributed by atoms with Gasteiger partial charge in [0.05, 0.1) is 7.11 Å². The van der Waals surface area contributed by atoms with E-state index >= 15 is 0 Å². The van der Waals surface area contributed by atoms with Crippen LogP contribution in [0.5, 0.6) is 5.75 Å². The van der Waals surface area contributed by atoms with Crippen LogP contribution >= 0.6 is 0 Å². The highest BCUT2D eigenvalue weighted by Crippen LogP contribution is 2.34. The lowest BCUT2D eigenvalue weighted by Gasteiger charge is -2.36. The molecule has 0 saturated carbocycles. The number of carbonyl (C=O) groups is 3. The number of hydrogen-bond acceptors (Lipinski definition) is 7. The predicted octanol–water partition coefficient (Wildman–Crippen LogP) is 12.1. The fraction of sp³-hybridized carbons (Fsp3) is 0.735. The molecule has 0 aliphatic heterocycles. The van der Waals surface area contributed by atoms with E-state index in [1.165, 1.54) is 103 Å². The summed E-state index contributed by atoms with van der Waals surface area (Å²) < 4.78 is 5.37. The molecule has 7 heteroatoms. The van der Waals surface area contributed by atoms with E-state index < -0.39 is 41.1 Å². The molecule has 3 unspecified atom stereocenters. The summed E-state index contributed by atoms with van der Waals surface area (Å²) in [7, 11) is 1.57. The third kappa shape index (κ3) is 17.5. The van der Waals surface area contributed by atoms with Crippen LogP contribution in [0.25, 0.3) is 10.8 Å². The Morgan fingerprint density at radius 2 is 0.946 bits per heavy atom. The second-order valence-electron chi connectivity index (χ2n) is 16.6. The van der Waals surface area contributed by atoms with Gasteiger partial charge in [0.2, 0.25) is 0 Å². The monoisotopic (exact) mass is 781 g/mol. The lowest BCUT2D eigenvalue weighted by molar-refractivity contribution is -0.182. The Labute approximate surface area is 340 Å². The van der Waals surface area contributed by atoms with Gasteiger partial charge < -0.3 is 20.1 Å². The van der Waals surface area contributed by atoms with Crippen molar-refractivity contribution in [2.75, 3.05) is 7.11 Å². The zero-order valence-corrected chi connectivity index (χ0v) is 36.0. The number of carbonyl (C=O) groups excluding carboxylic acids is 3. The Bertz CT molecular complexity index is 1320. The van der Waals surface area contributed by atoms with Crippen molar-refractivity contribution in [1.82, 2.24) is 0 Å². The van der Waals surface area contributed by atoms with Gasteiger partial charge in [-0.2, -0.15) is 0 Å². The number of Topliss-reactive ketones (excluding diaryl/α,β-unsaturated/α-hetero) is 3. The third-order valence-electron chi connectivity index (χ3n) is 11.9. The van der Waals surface area contributed by atoms with Crippen LogP contribution in [0.4, 0.5) is 0 Å². The van der Waals surface area contributed by atoms with Gasteiger partial charge in [-0.3, -0.25) is 14.4 Å². The summed E-state index contributed by atoms with van der Waals surface area (Å²) in [5, 5.41) is 36.4. The first-order valence-electron chi connectivity index (χ1n) is 22.9. The minimum atomic E-state index is -2.98. The quantitative estimate of drug-likeness (QED) is 0.0589. The maximum absolute atomic E-state index is 14.3. The molecule has 0 spiro atoms. The van der Waals surface area contributed by atoms with Gasteiger partial charge in [0.1, 0.15) is 5.75 Å². The summed E-state index contributed by atoms with van der Waals surface area (Å²) in [5.41, 5.74) is -2.42. The van der Waals surface area contributed by atoms with Crippen molar-refractivity contribution in [1.29, 1.82) is 0 Å². The largest absolute Gasteiger partial charge is 0.497 e. The number of aliphatic hydroxyl groups is 3.